The summed E-state index contributed by atoms with van der Waals surface area (Å²) in [5.74, 6) is -0.519. The van der Waals surface area contributed by atoms with Crippen LogP contribution in [-0.4, -0.2) is 72.4 Å². The average Bonchev–Trinajstić information content (AvgIpc) is 2.75. The molecular formula is C22H28N4O5S. The van der Waals surface area contributed by atoms with Crippen molar-refractivity contribution >= 4 is 32.9 Å². The quantitative estimate of drug-likeness (QED) is 0.685. The van der Waals surface area contributed by atoms with E-state index in [0.717, 1.165) is 4.31 Å². The maximum absolute atomic E-state index is 13.6. The molecule has 1 aromatic carbocycles. The van der Waals surface area contributed by atoms with E-state index in [-0.39, 0.29) is 31.1 Å². The van der Waals surface area contributed by atoms with Gasteiger partial charge in [-0.2, -0.15) is 4.31 Å². The Hall–Kier alpha value is -2.98. The molecule has 2 heterocycles. The molecule has 2 amide bonds. The topological polar surface area (TPSA) is 109 Å². The van der Waals surface area contributed by atoms with Gasteiger partial charge in [0.2, 0.25) is 15.9 Å². The lowest BCUT2D eigenvalue weighted by Crippen LogP contribution is -2.61. The maximum atomic E-state index is 13.6. The first-order valence-corrected chi connectivity index (χ1v) is 11.7. The number of carbonyl (C=O) groups is 2. The SMILES string of the molecule is C=CCNC(=O)[C@H]1CN(C(=O)OC(C)(C)C)CCN1S(=O)(=O)c1cccc2cccnc12. The number of fused-ring (bicyclic) bond motifs is 1. The molecule has 0 aliphatic carbocycles. The van der Waals surface area contributed by atoms with Crippen molar-refractivity contribution in [2.75, 3.05) is 26.2 Å². The predicted octanol–water partition coefficient (Wildman–Crippen LogP) is 2.15. The monoisotopic (exact) mass is 460 g/mol. The van der Waals surface area contributed by atoms with Crippen LogP contribution in [0.1, 0.15) is 20.8 Å². The minimum Gasteiger partial charge on any atom is -0.444 e. The molecule has 0 saturated carbocycles. The first-order chi connectivity index (χ1) is 15.0. The lowest BCUT2D eigenvalue weighted by molar-refractivity contribution is -0.126. The van der Waals surface area contributed by atoms with Gasteiger partial charge in [-0.1, -0.05) is 24.3 Å². The summed E-state index contributed by atoms with van der Waals surface area (Å²) in [6, 6.07) is 7.26. The summed E-state index contributed by atoms with van der Waals surface area (Å²) in [6.07, 6.45) is 2.43. The van der Waals surface area contributed by atoms with Crippen molar-refractivity contribution in [3.05, 3.63) is 49.2 Å². The molecule has 1 atom stereocenters. The number of nitrogens with one attached hydrogen (secondary N) is 1. The van der Waals surface area contributed by atoms with Crippen LogP contribution in [0.25, 0.3) is 10.9 Å². The molecule has 32 heavy (non-hydrogen) atoms. The van der Waals surface area contributed by atoms with E-state index in [1.165, 1.54) is 23.2 Å². The molecule has 3 rings (SSSR count). The zero-order chi connectivity index (χ0) is 23.5. The zero-order valence-corrected chi connectivity index (χ0v) is 19.3. The third-order valence-electron chi connectivity index (χ3n) is 4.89. The van der Waals surface area contributed by atoms with Crippen molar-refractivity contribution in [1.29, 1.82) is 0 Å². The largest absolute Gasteiger partial charge is 0.444 e. The van der Waals surface area contributed by atoms with Crippen LogP contribution in [-0.2, 0) is 19.6 Å². The lowest BCUT2D eigenvalue weighted by Gasteiger charge is -2.39. The van der Waals surface area contributed by atoms with E-state index < -0.39 is 33.7 Å². The van der Waals surface area contributed by atoms with E-state index in [1.54, 1.807) is 45.0 Å². The van der Waals surface area contributed by atoms with Gasteiger partial charge in [0.1, 0.15) is 16.5 Å². The highest BCUT2D eigenvalue weighted by Crippen LogP contribution is 2.27. The first-order valence-electron chi connectivity index (χ1n) is 10.3. The molecule has 1 N–H and O–H groups in total. The Morgan fingerprint density at radius 1 is 1.25 bits per heavy atom. The summed E-state index contributed by atoms with van der Waals surface area (Å²) >= 11 is 0. The molecule has 1 aliphatic rings. The van der Waals surface area contributed by atoms with Gasteiger partial charge in [-0.3, -0.25) is 9.78 Å². The number of ether oxygens (including phenoxy) is 1. The minimum atomic E-state index is -4.09. The fourth-order valence-corrected chi connectivity index (χ4v) is 5.20. The van der Waals surface area contributed by atoms with Crippen LogP contribution in [0.4, 0.5) is 4.79 Å². The van der Waals surface area contributed by atoms with Crippen LogP contribution in [0.5, 0.6) is 0 Å². The van der Waals surface area contributed by atoms with Crippen molar-refractivity contribution in [2.45, 2.75) is 37.3 Å². The Labute approximate surface area is 188 Å². The van der Waals surface area contributed by atoms with Crippen molar-refractivity contribution in [3.8, 4) is 0 Å². The van der Waals surface area contributed by atoms with Crippen LogP contribution >= 0.6 is 0 Å². The molecule has 2 aromatic rings. The summed E-state index contributed by atoms with van der Waals surface area (Å²) in [6.45, 7) is 8.88. The number of para-hydroxylation sites is 1. The number of hydrogen-bond donors (Lipinski definition) is 1. The number of amides is 2. The second kappa shape index (κ2) is 9.25. The van der Waals surface area contributed by atoms with Gasteiger partial charge in [0.15, 0.2) is 0 Å². The van der Waals surface area contributed by atoms with E-state index in [4.69, 9.17) is 4.74 Å². The van der Waals surface area contributed by atoms with Gasteiger partial charge in [-0.25, -0.2) is 13.2 Å². The molecule has 0 radical (unpaired) electrons. The summed E-state index contributed by atoms with van der Waals surface area (Å²) in [5.41, 5.74) is -0.384. The zero-order valence-electron chi connectivity index (χ0n) is 18.4. The second-order valence-electron chi connectivity index (χ2n) is 8.42. The normalized spacial score (nSPS) is 17.7. The van der Waals surface area contributed by atoms with Crippen molar-refractivity contribution in [1.82, 2.24) is 19.5 Å². The highest BCUT2D eigenvalue weighted by Gasteiger charge is 2.42. The van der Waals surface area contributed by atoms with E-state index in [0.29, 0.717) is 10.9 Å². The summed E-state index contributed by atoms with van der Waals surface area (Å²) in [7, 11) is -4.09. The van der Waals surface area contributed by atoms with E-state index >= 15 is 0 Å². The molecule has 1 aliphatic heterocycles. The summed E-state index contributed by atoms with van der Waals surface area (Å²) < 4.78 is 33.8. The van der Waals surface area contributed by atoms with Crippen molar-refractivity contribution < 1.29 is 22.7 Å². The number of sulfonamides is 1. The number of hydrogen-bond acceptors (Lipinski definition) is 6. The molecule has 0 bridgehead atoms. The van der Waals surface area contributed by atoms with Crippen LogP contribution in [0.2, 0.25) is 0 Å². The second-order valence-corrected chi connectivity index (χ2v) is 10.3. The fourth-order valence-electron chi connectivity index (χ4n) is 3.46. The van der Waals surface area contributed by atoms with Gasteiger partial charge in [-0.15, -0.1) is 6.58 Å². The third-order valence-corrected chi connectivity index (χ3v) is 6.83. The number of aromatic nitrogens is 1. The molecule has 10 heteroatoms. The third kappa shape index (κ3) is 5.08. The van der Waals surface area contributed by atoms with Crippen LogP contribution in [0, 0.1) is 0 Å². The summed E-state index contributed by atoms with van der Waals surface area (Å²) in [4.78, 5) is 31.1. The summed E-state index contributed by atoms with van der Waals surface area (Å²) in [5, 5.41) is 3.32. The molecule has 1 saturated heterocycles. The van der Waals surface area contributed by atoms with Gasteiger partial charge in [-0.05, 0) is 32.9 Å². The smallest absolute Gasteiger partial charge is 0.410 e. The highest BCUT2D eigenvalue weighted by atomic mass is 32.2. The van der Waals surface area contributed by atoms with Crippen molar-refractivity contribution in [2.24, 2.45) is 0 Å². The molecule has 9 nitrogen and oxygen atoms in total. The van der Waals surface area contributed by atoms with Crippen LogP contribution < -0.4 is 5.32 Å². The minimum absolute atomic E-state index is 0.0165. The standard InChI is InChI=1S/C22H28N4O5S/c1-5-11-24-20(27)17-15-25(21(28)31-22(2,3)4)13-14-26(17)32(29,30)18-10-6-8-16-9-7-12-23-19(16)18/h5-10,12,17H,1,11,13-15H2,2-4H3,(H,24,27)/t17-/m1/s1. The number of nitrogens with zero attached hydrogens (tertiary/aromatic N) is 3. The van der Waals surface area contributed by atoms with E-state index in [1.807, 2.05) is 0 Å². The van der Waals surface area contributed by atoms with Gasteiger partial charge in [0.25, 0.3) is 0 Å². The Morgan fingerprint density at radius 3 is 2.66 bits per heavy atom. The van der Waals surface area contributed by atoms with E-state index in [9.17, 15) is 18.0 Å². The number of carbonyl (C=O) groups excluding carboxylic acids is 2. The average molecular weight is 461 g/mol. The fraction of sp³-hybridized carbons (Fsp3) is 0.409. The van der Waals surface area contributed by atoms with Gasteiger partial charge < -0.3 is 15.0 Å². The van der Waals surface area contributed by atoms with Gasteiger partial charge in [0.05, 0.1) is 5.52 Å². The Bertz CT molecular complexity index is 1120. The number of pyridine rings is 1. The van der Waals surface area contributed by atoms with Crippen LogP contribution in [0.3, 0.4) is 0 Å². The van der Waals surface area contributed by atoms with Gasteiger partial charge in [0, 0.05) is 37.8 Å². The molecule has 1 aromatic heterocycles. The first kappa shape index (κ1) is 23.7. The van der Waals surface area contributed by atoms with Gasteiger partial charge >= 0.3 is 6.09 Å². The molecule has 0 spiro atoms. The van der Waals surface area contributed by atoms with Crippen molar-refractivity contribution in [3.63, 3.8) is 0 Å². The Kier molecular flexibility index (Phi) is 6.85. The molecule has 172 valence electrons. The number of piperazine rings is 1. The lowest BCUT2D eigenvalue weighted by atomic mass is 10.2. The Balaban J connectivity index is 1.97. The molecular weight excluding hydrogens is 432 g/mol. The van der Waals surface area contributed by atoms with Crippen LogP contribution in [0.15, 0.2) is 54.1 Å². The highest BCUT2D eigenvalue weighted by molar-refractivity contribution is 7.89. The number of rotatable bonds is 5. The van der Waals surface area contributed by atoms with E-state index in [2.05, 4.69) is 16.9 Å². The molecule has 0 unspecified atom stereocenters. The maximum Gasteiger partial charge on any atom is 0.410 e. The predicted molar refractivity (Wildman–Crippen MR) is 120 cm³/mol. The Morgan fingerprint density at radius 2 is 1.97 bits per heavy atom. The molecule has 1 fully saturated rings. The number of benzene rings is 1.